The summed E-state index contributed by atoms with van der Waals surface area (Å²) in [4.78, 5) is 16.1. The second-order valence-corrected chi connectivity index (χ2v) is 4.32. The van der Waals surface area contributed by atoms with Gasteiger partial charge in [-0.1, -0.05) is 23.2 Å². The van der Waals surface area contributed by atoms with E-state index in [1.807, 2.05) is 13.8 Å². The molecule has 16 heavy (non-hydrogen) atoms. The molecule has 0 saturated heterocycles. The van der Waals surface area contributed by atoms with Gasteiger partial charge in [0, 0.05) is 6.04 Å². The summed E-state index contributed by atoms with van der Waals surface area (Å²) in [6.45, 7) is 4.09. The van der Waals surface area contributed by atoms with Crippen molar-refractivity contribution in [3.63, 3.8) is 0 Å². The van der Waals surface area contributed by atoms with Crippen molar-refractivity contribution < 1.29 is 4.79 Å². The zero-order valence-corrected chi connectivity index (χ0v) is 10.0. The van der Waals surface area contributed by atoms with E-state index in [0.717, 1.165) is 4.88 Å². The fraction of sp³-hybridized carbons (Fsp3) is 0.400. The molecular formula is C10H14N4OS. The van der Waals surface area contributed by atoms with Crippen molar-refractivity contribution in [2.75, 3.05) is 11.9 Å². The minimum Gasteiger partial charge on any atom is -0.336 e. The SMILES string of the molecule is CC(C)NC(=O)Nc1ncc(C#CCN)s1. The van der Waals surface area contributed by atoms with Crippen LogP contribution in [-0.4, -0.2) is 23.6 Å². The summed E-state index contributed by atoms with van der Waals surface area (Å²) in [5.41, 5.74) is 5.25. The number of rotatable bonds is 2. The highest BCUT2D eigenvalue weighted by Gasteiger charge is 2.05. The summed E-state index contributed by atoms with van der Waals surface area (Å²) >= 11 is 1.32. The third-order valence-electron chi connectivity index (χ3n) is 1.46. The lowest BCUT2D eigenvalue weighted by molar-refractivity contribution is 0.250. The number of anilines is 1. The maximum absolute atomic E-state index is 11.3. The molecule has 86 valence electrons. The number of carbonyl (C=O) groups excluding carboxylic acids is 1. The Bertz CT molecular complexity index is 416. The minimum atomic E-state index is -0.261. The van der Waals surface area contributed by atoms with Gasteiger partial charge in [0.2, 0.25) is 0 Å². The Kier molecular flexibility index (Phi) is 4.76. The van der Waals surface area contributed by atoms with E-state index in [-0.39, 0.29) is 12.1 Å². The molecule has 0 atom stereocenters. The van der Waals surface area contributed by atoms with Crippen molar-refractivity contribution in [2.45, 2.75) is 19.9 Å². The van der Waals surface area contributed by atoms with Crippen molar-refractivity contribution in [2.24, 2.45) is 5.73 Å². The Morgan fingerprint density at radius 3 is 3.06 bits per heavy atom. The van der Waals surface area contributed by atoms with E-state index in [0.29, 0.717) is 11.7 Å². The highest BCUT2D eigenvalue weighted by Crippen LogP contribution is 2.16. The van der Waals surface area contributed by atoms with E-state index >= 15 is 0 Å². The molecule has 0 saturated carbocycles. The largest absolute Gasteiger partial charge is 0.336 e. The van der Waals surface area contributed by atoms with Crippen LogP contribution in [0.5, 0.6) is 0 Å². The molecule has 0 radical (unpaired) electrons. The van der Waals surface area contributed by atoms with Crippen molar-refractivity contribution in [1.29, 1.82) is 0 Å². The van der Waals surface area contributed by atoms with Gasteiger partial charge in [0.15, 0.2) is 5.13 Å². The van der Waals surface area contributed by atoms with E-state index in [9.17, 15) is 4.79 Å². The summed E-state index contributed by atoms with van der Waals surface area (Å²) in [5.74, 6) is 5.57. The topological polar surface area (TPSA) is 80.0 Å². The molecule has 0 aromatic carbocycles. The summed E-state index contributed by atoms with van der Waals surface area (Å²) in [6, 6.07) is -0.167. The molecule has 1 heterocycles. The number of nitrogens with two attached hydrogens (primary N) is 1. The van der Waals surface area contributed by atoms with Gasteiger partial charge in [-0.2, -0.15) is 0 Å². The van der Waals surface area contributed by atoms with Crippen LogP contribution in [0.2, 0.25) is 0 Å². The zero-order chi connectivity index (χ0) is 12.0. The lowest BCUT2D eigenvalue weighted by Crippen LogP contribution is -2.34. The van der Waals surface area contributed by atoms with Crippen LogP contribution in [0.15, 0.2) is 6.20 Å². The molecule has 1 rings (SSSR count). The number of amides is 2. The quantitative estimate of drug-likeness (QED) is 0.672. The van der Waals surface area contributed by atoms with Crippen molar-refractivity contribution in [3.8, 4) is 11.8 Å². The first-order valence-corrected chi connectivity index (χ1v) is 5.65. The number of hydrogen-bond acceptors (Lipinski definition) is 4. The predicted molar refractivity (Wildman–Crippen MR) is 65.3 cm³/mol. The minimum absolute atomic E-state index is 0.0939. The number of nitrogens with one attached hydrogen (secondary N) is 2. The van der Waals surface area contributed by atoms with Gasteiger partial charge in [-0.25, -0.2) is 9.78 Å². The average Bonchev–Trinajstić information content (AvgIpc) is 2.61. The van der Waals surface area contributed by atoms with Crippen LogP contribution in [0.3, 0.4) is 0 Å². The Morgan fingerprint density at radius 2 is 2.44 bits per heavy atom. The Hall–Kier alpha value is -1.58. The first-order valence-electron chi connectivity index (χ1n) is 4.84. The molecule has 5 nitrogen and oxygen atoms in total. The summed E-state index contributed by atoms with van der Waals surface area (Å²) in [5, 5.41) is 5.86. The molecule has 0 fully saturated rings. The molecule has 0 aliphatic carbocycles. The predicted octanol–water partition coefficient (Wildman–Crippen LogP) is 0.983. The number of hydrogen-bond donors (Lipinski definition) is 3. The summed E-state index contributed by atoms with van der Waals surface area (Å²) < 4.78 is 0. The van der Waals surface area contributed by atoms with Crippen molar-refractivity contribution >= 4 is 22.5 Å². The number of aromatic nitrogens is 1. The average molecular weight is 238 g/mol. The smallest absolute Gasteiger partial charge is 0.321 e. The monoisotopic (exact) mass is 238 g/mol. The van der Waals surface area contributed by atoms with Crippen LogP contribution < -0.4 is 16.4 Å². The Balaban J connectivity index is 2.55. The lowest BCUT2D eigenvalue weighted by Gasteiger charge is -2.07. The van der Waals surface area contributed by atoms with E-state index in [1.165, 1.54) is 11.3 Å². The second-order valence-electron chi connectivity index (χ2n) is 3.29. The zero-order valence-electron chi connectivity index (χ0n) is 9.20. The molecule has 1 aromatic rings. The molecule has 0 aliphatic heterocycles. The molecule has 0 aliphatic rings. The lowest BCUT2D eigenvalue weighted by atomic mass is 10.4. The van der Waals surface area contributed by atoms with Gasteiger partial charge >= 0.3 is 6.03 Å². The number of nitrogens with zero attached hydrogens (tertiary/aromatic N) is 1. The van der Waals surface area contributed by atoms with Crippen LogP contribution in [0.1, 0.15) is 18.7 Å². The van der Waals surface area contributed by atoms with E-state index in [2.05, 4.69) is 27.5 Å². The number of thiazole rings is 1. The fourth-order valence-electron chi connectivity index (χ4n) is 0.923. The highest BCUT2D eigenvalue weighted by atomic mass is 32.1. The first-order chi connectivity index (χ1) is 7.61. The standard InChI is InChI=1S/C10H14N4OS/c1-7(2)13-9(15)14-10-12-6-8(16-10)4-3-5-11/h6-7H,5,11H2,1-2H3,(H2,12,13,14,15). The second kappa shape index (κ2) is 6.10. The summed E-state index contributed by atoms with van der Waals surface area (Å²) in [6.07, 6.45) is 1.61. The van der Waals surface area contributed by atoms with Crippen LogP contribution in [0.4, 0.5) is 9.93 Å². The Morgan fingerprint density at radius 1 is 1.69 bits per heavy atom. The molecular weight excluding hydrogens is 224 g/mol. The highest BCUT2D eigenvalue weighted by molar-refractivity contribution is 7.16. The van der Waals surface area contributed by atoms with Gasteiger partial charge in [-0.05, 0) is 13.8 Å². The normalized spacial score (nSPS) is 9.50. The van der Waals surface area contributed by atoms with Gasteiger partial charge in [-0.15, -0.1) is 0 Å². The molecule has 0 spiro atoms. The fourth-order valence-corrected chi connectivity index (χ4v) is 1.61. The number of carbonyl (C=O) groups is 1. The maximum atomic E-state index is 11.3. The van der Waals surface area contributed by atoms with Gasteiger partial charge in [0.1, 0.15) is 0 Å². The molecule has 6 heteroatoms. The van der Waals surface area contributed by atoms with Gasteiger partial charge in [0.05, 0.1) is 17.6 Å². The van der Waals surface area contributed by atoms with Gasteiger partial charge < -0.3 is 11.1 Å². The third-order valence-corrected chi connectivity index (χ3v) is 2.29. The molecule has 4 N–H and O–H groups in total. The van der Waals surface area contributed by atoms with Crippen molar-refractivity contribution in [3.05, 3.63) is 11.1 Å². The maximum Gasteiger partial charge on any atom is 0.321 e. The molecule has 0 unspecified atom stereocenters. The molecule has 0 bridgehead atoms. The first kappa shape index (κ1) is 12.5. The van der Waals surface area contributed by atoms with E-state index in [4.69, 9.17) is 5.73 Å². The summed E-state index contributed by atoms with van der Waals surface area (Å²) in [7, 11) is 0. The molecule has 1 aromatic heterocycles. The van der Waals surface area contributed by atoms with Crippen molar-refractivity contribution in [1.82, 2.24) is 10.3 Å². The number of urea groups is 1. The van der Waals surface area contributed by atoms with Crippen LogP contribution >= 0.6 is 11.3 Å². The van der Waals surface area contributed by atoms with E-state index < -0.39 is 0 Å². The van der Waals surface area contributed by atoms with Gasteiger partial charge in [-0.3, -0.25) is 5.32 Å². The Labute approximate surface area is 98.4 Å². The van der Waals surface area contributed by atoms with Crippen LogP contribution in [-0.2, 0) is 0 Å². The molecule has 2 amide bonds. The van der Waals surface area contributed by atoms with Crippen LogP contribution in [0.25, 0.3) is 0 Å². The van der Waals surface area contributed by atoms with Crippen LogP contribution in [0, 0.1) is 11.8 Å². The van der Waals surface area contributed by atoms with Gasteiger partial charge in [0.25, 0.3) is 0 Å². The third kappa shape index (κ3) is 4.29. The van der Waals surface area contributed by atoms with E-state index in [1.54, 1.807) is 6.20 Å².